The van der Waals surface area contributed by atoms with Crippen molar-refractivity contribution in [3.05, 3.63) is 53.6 Å². The number of sulfone groups is 1. The molecule has 0 aliphatic carbocycles. The smallest absolute Gasteiger partial charge is 0.253 e. The summed E-state index contributed by atoms with van der Waals surface area (Å²) in [7, 11) is -3.61. The minimum absolute atomic E-state index is 0.0932. The van der Waals surface area contributed by atoms with Crippen LogP contribution >= 0.6 is 11.5 Å². The number of amides is 1. The Hall–Kier alpha value is -2.36. The van der Waals surface area contributed by atoms with Gasteiger partial charge in [0.2, 0.25) is 0 Å². The average molecular weight is 474 g/mol. The molecule has 7 nitrogen and oxygen atoms in total. The molecule has 170 valence electrons. The molecule has 0 bridgehead atoms. The Morgan fingerprint density at radius 2 is 1.84 bits per heavy atom. The number of fused-ring (bicyclic) bond motifs is 1. The molecule has 0 saturated carbocycles. The van der Waals surface area contributed by atoms with Crippen molar-refractivity contribution in [3.63, 3.8) is 0 Å². The van der Waals surface area contributed by atoms with Crippen molar-refractivity contribution in [1.82, 2.24) is 14.5 Å². The van der Waals surface area contributed by atoms with Crippen LogP contribution in [0.3, 0.4) is 0 Å². The van der Waals surface area contributed by atoms with Gasteiger partial charge in [0.25, 0.3) is 5.91 Å². The molecule has 1 fully saturated rings. The third kappa shape index (κ3) is 4.84. The number of hydrogen-bond donors (Lipinski definition) is 1. The van der Waals surface area contributed by atoms with Gasteiger partial charge in [0.15, 0.2) is 9.84 Å². The SMILES string of the molecule is CC(C)CC1(O)CCN(C(=O)c2ccc(CS(=O)(=O)c3cccc4snnc34)cc2)CC1. The van der Waals surface area contributed by atoms with Gasteiger partial charge in [-0.05, 0) is 66.5 Å². The van der Waals surface area contributed by atoms with Crippen molar-refractivity contribution in [1.29, 1.82) is 0 Å². The number of aliphatic hydroxyl groups is 1. The van der Waals surface area contributed by atoms with Crippen LogP contribution in [0.25, 0.3) is 10.2 Å². The molecule has 2 aromatic carbocycles. The molecule has 2 heterocycles. The van der Waals surface area contributed by atoms with Crippen LogP contribution in [-0.2, 0) is 15.6 Å². The summed E-state index contributed by atoms with van der Waals surface area (Å²) < 4.78 is 30.5. The normalized spacial score (nSPS) is 16.6. The van der Waals surface area contributed by atoms with Crippen molar-refractivity contribution in [3.8, 4) is 0 Å². The van der Waals surface area contributed by atoms with Crippen LogP contribution in [0.4, 0.5) is 0 Å². The van der Waals surface area contributed by atoms with E-state index < -0.39 is 15.4 Å². The van der Waals surface area contributed by atoms with Gasteiger partial charge in [0.1, 0.15) is 5.52 Å². The highest BCUT2D eigenvalue weighted by Gasteiger charge is 2.34. The summed E-state index contributed by atoms with van der Waals surface area (Å²) in [5, 5.41) is 14.7. The predicted octanol–water partition coefficient (Wildman–Crippen LogP) is 3.68. The van der Waals surface area contributed by atoms with Crippen molar-refractivity contribution < 1.29 is 18.3 Å². The summed E-state index contributed by atoms with van der Waals surface area (Å²) in [6.45, 7) is 5.21. The second-order valence-electron chi connectivity index (χ2n) is 8.95. The Bertz CT molecular complexity index is 1210. The Kier molecular flexibility index (Phi) is 6.33. The van der Waals surface area contributed by atoms with E-state index in [1.807, 2.05) is 0 Å². The zero-order chi connectivity index (χ0) is 22.9. The first kappa shape index (κ1) is 22.8. The van der Waals surface area contributed by atoms with Crippen LogP contribution in [0, 0.1) is 5.92 Å². The van der Waals surface area contributed by atoms with Crippen LogP contribution in [0.15, 0.2) is 47.4 Å². The number of likely N-dealkylation sites (tertiary alicyclic amines) is 1. The van der Waals surface area contributed by atoms with Crippen LogP contribution in [0.1, 0.15) is 49.0 Å². The molecule has 9 heteroatoms. The van der Waals surface area contributed by atoms with E-state index in [0.717, 1.165) is 22.7 Å². The average Bonchev–Trinajstić information content (AvgIpc) is 3.22. The summed E-state index contributed by atoms with van der Waals surface area (Å²) in [5.74, 6) is 0.138. The monoisotopic (exact) mass is 473 g/mol. The molecule has 32 heavy (non-hydrogen) atoms. The fraction of sp³-hybridized carbons (Fsp3) is 0.435. The van der Waals surface area contributed by atoms with Crippen LogP contribution in [-0.4, -0.2) is 52.6 Å². The molecule has 0 radical (unpaired) electrons. The second kappa shape index (κ2) is 8.88. The second-order valence-corrected chi connectivity index (χ2v) is 11.7. The van der Waals surface area contributed by atoms with Crippen LogP contribution < -0.4 is 0 Å². The molecule has 1 aliphatic heterocycles. The molecule has 1 saturated heterocycles. The van der Waals surface area contributed by atoms with Gasteiger partial charge in [0, 0.05) is 18.7 Å². The van der Waals surface area contributed by atoms with E-state index in [0.29, 0.717) is 48.5 Å². The predicted molar refractivity (Wildman–Crippen MR) is 124 cm³/mol. The maximum Gasteiger partial charge on any atom is 0.253 e. The van der Waals surface area contributed by atoms with E-state index in [-0.39, 0.29) is 16.6 Å². The van der Waals surface area contributed by atoms with Gasteiger partial charge >= 0.3 is 0 Å². The van der Waals surface area contributed by atoms with Gasteiger partial charge in [-0.3, -0.25) is 4.79 Å². The maximum absolute atomic E-state index is 13.0. The fourth-order valence-electron chi connectivity index (χ4n) is 4.34. The third-order valence-electron chi connectivity index (χ3n) is 5.90. The first-order valence-electron chi connectivity index (χ1n) is 10.7. The summed E-state index contributed by atoms with van der Waals surface area (Å²) >= 11 is 1.16. The van der Waals surface area contributed by atoms with Crippen LogP contribution in [0.5, 0.6) is 0 Å². The topological polar surface area (TPSA) is 100 Å². The van der Waals surface area contributed by atoms with Crippen molar-refractivity contribution in [2.45, 2.75) is 49.4 Å². The Labute approximate surface area is 192 Å². The molecular formula is C23H27N3O4S2. The van der Waals surface area contributed by atoms with E-state index in [4.69, 9.17) is 0 Å². The first-order valence-corrected chi connectivity index (χ1v) is 13.1. The largest absolute Gasteiger partial charge is 0.390 e. The van der Waals surface area contributed by atoms with Gasteiger partial charge in [-0.2, -0.15) is 0 Å². The Morgan fingerprint density at radius 3 is 2.50 bits per heavy atom. The lowest BCUT2D eigenvalue weighted by atomic mass is 9.84. The van der Waals surface area contributed by atoms with Crippen molar-refractivity contribution in [2.24, 2.45) is 5.92 Å². The molecule has 0 atom stereocenters. The number of benzene rings is 2. The summed E-state index contributed by atoms with van der Waals surface area (Å²) in [4.78, 5) is 14.8. The van der Waals surface area contributed by atoms with E-state index in [2.05, 4.69) is 23.4 Å². The number of piperidine rings is 1. The molecule has 0 spiro atoms. The molecule has 3 aromatic rings. The standard InChI is InChI=1S/C23H27N3O4S2/c1-16(2)14-23(28)10-12-26(13-11-23)22(27)18-8-6-17(7-9-18)15-32(29,30)20-5-3-4-19-21(20)24-25-31-19/h3-9,16,28H,10-15H2,1-2H3. The van der Waals surface area contributed by atoms with Gasteiger partial charge in [-0.25, -0.2) is 8.42 Å². The number of hydrogen-bond acceptors (Lipinski definition) is 7. The minimum atomic E-state index is -3.61. The fourth-order valence-corrected chi connectivity index (χ4v) is 6.51. The van der Waals surface area contributed by atoms with Gasteiger partial charge in [-0.15, -0.1) is 5.10 Å². The lowest BCUT2D eigenvalue weighted by Gasteiger charge is -2.39. The van der Waals surface area contributed by atoms with Crippen molar-refractivity contribution >= 4 is 37.5 Å². The number of rotatable bonds is 6. The Balaban J connectivity index is 1.43. The van der Waals surface area contributed by atoms with E-state index in [9.17, 15) is 18.3 Å². The number of carbonyl (C=O) groups is 1. The highest BCUT2D eigenvalue weighted by atomic mass is 32.2. The third-order valence-corrected chi connectivity index (χ3v) is 8.31. The van der Waals surface area contributed by atoms with E-state index >= 15 is 0 Å². The summed E-state index contributed by atoms with van der Waals surface area (Å²) in [6, 6.07) is 11.8. The zero-order valence-electron chi connectivity index (χ0n) is 18.2. The highest BCUT2D eigenvalue weighted by molar-refractivity contribution is 7.90. The number of nitrogens with zero attached hydrogens (tertiary/aromatic N) is 3. The highest BCUT2D eigenvalue weighted by Crippen LogP contribution is 2.30. The van der Waals surface area contributed by atoms with E-state index in [1.165, 1.54) is 0 Å². The molecule has 1 N–H and O–H groups in total. The first-order chi connectivity index (χ1) is 15.2. The molecular weight excluding hydrogens is 446 g/mol. The summed E-state index contributed by atoms with van der Waals surface area (Å²) in [6.07, 6.45) is 1.89. The molecule has 1 amide bonds. The number of carbonyl (C=O) groups excluding carboxylic acids is 1. The lowest BCUT2D eigenvalue weighted by Crippen LogP contribution is -2.47. The van der Waals surface area contributed by atoms with Gasteiger partial charge < -0.3 is 10.0 Å². The maximum atomic E-state index is 13.0. The lowest BCUT2D eigenvalue weighted by molar-refractivity contribution is -0.0311. The van der Waals surface area contributed by atoms with Gasteiger partial charge in [-0.1, -0.05) is 36.5 Å². The zero-order valence-corrected chi connectivity index (χ0v) is 19.8. The number of aromatic nitrogens is 2. The molecule has 1 aromatic heterocycles. The molecule has 4 rings (SSSR count). The summed E-state index contributed by atoms with van der Waals surface area (Å²) in [5.41, 5.74) is 0.823. The molecule has 0 unspecified atom stereocenters. The Morgan fingerprint density at radius 1 is 1.16 bits per heavy atom. The van der Waals surface area contributed by atoms with E-state index in [1.54, 1.807) is 47.4 Å². The quantitative estimate of drug-likeness (QED) is 0.586. The van der Waals surface area contributed by atoms with Crippen molar-refractivity contribution in [2.75, 3.05) is 13.1 Å². The van der Waals surface area contributed by atoms with Gasteiger partial charge in [0.05, 0.1) is 20.9 Å². The van der Waals surface area contributed by atoms with Crippen LogP contribution in [0.2, 0.25) is 0 Å². The minimum Gasteiger partial charge on any atom is -0.390 e. The molecule has 1 aliphatic rings.